The third-order valence-corrected chi connectivity index (χ3v) is 4.97. The summed E-state index contributed by atoms with van der Waals surface area (Å²) < 4.78 is 11.3. The first-order valence-electron chi connectivity index (χ1n) is 8.23. The molecule has 130 valence electrons. The van der Waals surface area contributed by atoms with Crippen molar-refractivity contribution in [3.05, 3.63) is 39.7 Å². The molecule has 1 fully saturated rings. The van der Waals surface area contributed by atoms with Crippen molar-refractivity contribution in [2.75, 3.05) is 26.2 Å². The minimum atomic E-state index is -0.184. The van der Waals surface area contributed by atoms with Gasteiger partial charge in [-0.1, -0.05) is 0 Å². The molecule has 1 N–H and O–H groups in total. The van der Waals surface area contributed by atoms with Crippen molar-refractivity contribution in [3.63, 3.8) is 0 Å². The van der Waals surface area contributed by atoms with Gasteiger partial charge in [-0.3, -0.25) is 0 Å². The lowest BCUT2D eigenvalue weighted by atomic mass is 10.2. The van der Waals surface area contributed by atoms with Gasteiger partial charge in [0.05, 0.1) is 18.2 Å². The second-order valence-electron chi connectivity index (χ2n) is 5.97. The molecule has 2 aromatic rings. The number of carbonyl (C=O) groups excluding carboxylic acids is 1. The molecule has 0 radical (unpaired) electrons. The van der Waals surface area contributed by atoms with Gasteiger partial charge in [0, 0.05) is 30.6 Å². The number of hydrogen-bond donors (Lipinski definition) is 1. The number of aromatic nitrogens is 1. The molecule has 0 saturated carbocycles. The van der Waals surface area contributed by atoms with Gasteiger partial charge in [0.1, 0.15) is 17.6 Å². The molecule has 0 unspecified atom stereocenters. The van der Waals surface area contributed by atoms with Crippen LogP contribution in [0.2, 0.25) is 0 Å². The van der Waals surface area contributed by atoms with Crippen LogP contribution in [0.5, 0.6) is 0 Å². The van der Waals surface area contributed by atoms with Gasteiger partial charge < -0.3 is 19.4 Å². The van der Waals surface area contributed by atoms with Gasteiger partial charge in [-0.05, 0) is 32.4 Å². The molecule has 1 atom stereocenters. The molecular weight excluding hydrogens is 326 g/mol. The van der Waals surface area contributed by atoms with Crippen molar-refractivity contribution >= 4 is 17.4 Å². The van der Waals surface area contributed by atoms with E-state index in [-0.39, 0.29) is 12.1 Å². The Kier molecular flexibility index (Phi) is 5.52. The molecule has 3 heterocycles. The summed E-state index contributed by atoms with van der Waals surface area (Å²) in [6, 6.07) is 3.79. The number of urea groups is 1. The molecule has 24 heavy (non-hydrogen) atoms. The van der Waals surface area contributed by atoms with Crippen LogP contribution in [-0.4, -0.2) is 42.2 Å². The molecule has 0 bridgehead atoms. The van der Waals surface area contributed by atoms with E-state index in [0.717, 1.165) is 35.1 Å². The average Bonchev–Trinajstić information content (AvgIpc) is 3.20. The SMILES string of the molecule is Cc1csc(CCCNC(=O)N2CCO[C@H](c3ccc(C)o3)C2)n1. The predicted molar refractivity (Wildman–Crippen MR) is 92.3 cm³/mol. The van der Waals surface area contributed by atoms with E-state index >= 15 is 0 Å². The van der Waals surface area contributed by atoms with E-state index in [9.17, 15) is 4.79 Å². The Bertz CT molecular complexity index is 682. The van der Waals surface area contributed by atoms with Gasteiger partial charge in [-0.2, -0.15) is 0 Å². The monoisotopic (exact) mass is 349 g/mol. The highest BCUT2D eigenvalue weighted by Gasteiger charge is 2.27. The third-order valence-electron chi connectivity index (χ3n) is 3.94. The summed E-state index contributed by atoms with van der Waals surface area (Å²) in [6.45, 7) is 6.20. The number of amides is 2. The largest absolute Gasteiger partial charge is 0.464 e. The van der Waals surface area contributed by atoms with Crippen molar-refractivity contribution in [2.45, 2.75) is 32.8 Å². The average molecular weight is 349 g/mol. The van der Waals surface area contributed by atoms with Crippen LogP contribution in [0.4, 0.5) is 4.79 Å². The number of rotatable bonds is 5. The van der Waals surface area contributed by atoms with Gasteiger partial charge in [0.15, 0.2) is 0 Å². The van der Waals surface area contributed by atoms with E-state index in [1.165, 1.54) is 0 Å². The summed E-state index contributed by atoms with van der Waals surface area (Å²) in [5.74, 6) is 1.64. The molecule has 7 heteroatoms. The van der Waals surface area contributed by atoms with Crippen LogP contribution in [-0.2, 0) is 11.2 Å². The number of nitrogens with zero attached hydrogens (tertiary/aromatic N) is 2. The molecule has 1 aliphatic heterocycles. The molecule has 0 aliphatic carbocycles. The molecule has 6 nitrogen and oxygen atoms in total. The summed E-state index contributed by atoms with van der Waals surface area (Å²) in [5.41, 5.74) is 1.06. The van der Waals surface area contributed by atoms with Crippen LogP contribution in [0.1, 0.15) is 34.7 Å². The van der Waals surface area contributed by atoms with Crippen molar-refractivity contribution in [1.29, 1.82) is 0 Å². The number of thiazole rings is 1. The van der Waals surface area contributed by atoms with Crippen LogP contribution in [0.15, 0.2) is 21.9 Å². The quantitative estimate of drug-likeness (QED) is 0.843. The third kappa shape index (κ3) is 4.36. The van der Waals surface area contributed by atoms with Crippen molar-refractivity contribution < 1.29 is 13.9 Å². The maximum Gasteiger partial charge on any atom is 0.317 e. The van der Waals surface area contributed by atoms with Gasteiger partial charge in [-0.15, -0.1) is 11.3 Å². The van der Waals surface area contributed by atoms with E-state index in [4.69, 9.17) is 9.15 Å². The molecule has 1 saturated heterocycles. The Morgan fingerprint density at radius 1 is 1.46 bits per heavy atom. The maximum absolute atomic E-state index is 12.3. The second kappa shape index (κ2) is 7.81. The zero-order chi connectivity index (χ0) is 16.9. The minimum absolute atomic E-state index is 0.0399. The number of furan rings is 1. The normalized spacial score (nSPS) is 17.9. The van der Waals surface area contributed by atoms with E-state index in [1.807, 2.05) is 26.0 Å². The molecular formula is C17H23N3O3S. The molecule has 3 rings (SSSR count). The highest BCUT2D eigenvalue weighted by atomic mass is 32.1. The number of nitrogens with one attached hydrogen (secondary N) is 1. The van der Waals surface area contributed by atoms with Crippen LogP contribution >= 0.6 is 11.3 Å². The zero-order valence-corrected chi connectivity index (χ0v) is 14.9. The van der Waals surface area contributed by atoms with Crippen LogP contribution in [0, 0.1) is 13.8 Å². The number of carbonyl (C=O) groups is 1. The van der Waals surface area contributed by atoms with Crippen molar-refractivity contribution in [2.24, 2.45) is 0 Å². The van der Waals surface area contributed by atoms with Gasteiger partial charge in [0.25, 0.3) is 0 Å². The number of morpholine rings is 1. The lowest BCUT2D eigenvalue weighted by molar-refractivity contribution is -0.0263. The summed E-state index contributed by atoms with van der Waals surface area (Å²) in [4.78, 5) is 18.5. The maximum atomic E-state index is 12.3. The topological polar surface area (TPSA) is 67.6 Å². The first-order chi connectivity index (χ1) is 11.6. The summed E-state index contributed by atoms with van der Waals surface area (Å²) in [6.07, 6.45) is 1.61. The Morgan fingerprint density at radius 3 is 3.04 bits per heavy atom. The van der Waals surface area contributed by atoms with Crippen molar-refractivity contribution in [1.82, 2.24) is 15.2 Å². The van der Waals surface area contributed by atoms with Crippen LogP contribution < -0.4 is 5.32 Å². The summed E-state index contributed by atoms with van der Waals surface area (Å²) in [5, 5.41) is 6.16. The highest BCUT2D eigenvalue weighted by molar-refractivity contribution is 7.09. The van der Waals surface area contributed by atoms with Gasteiger partial charge in [0.2, 0.25) is 0 Å². The van der Waals surface area contributed by atoms with Crippen molar-refractivity contribution in [3.8, 4) is 0 Å². The number of aryl methyl sites for hydroxylation is 3. The predicted octanol–water partition coefficient (Wildman–Crippen LogP) is 3.07. The Labute approximate surface area is 145 Å². The fourth-order valence-electron chi connectivity index (χ4n) is 2.70. The standard InChI is InChI=1S/C17H23N3O3S/c1-12-11-24-16(19-12)4-3-7-18-17(21)20-8-9-22-15(10-20)14-6-5-13(2)23-14/h5-6,11,15H,3-4,7-10H2,1-2H3,(H,18,21)/t15-/m0/s1. The molecule has 2 aromatic heterocycles. The Hall–Kier alpha value is -1.86. The summed E-state index contributed by atoms with van der Waals surface area (Å²) in [7, 11) is 0. The number of hydrogen-bond acceptors (Lipinski definition) is 5. The smallest absolute Gasteiger partial charge is 0.317 e. The fraction of sp³-hybridized carbons (Fsp3) is 0.529. The van der Waals surface area contributed by atoms with Crippen LogP contribution in [0.25, 0.3) is 0 Å². The lowest BCUT2D eigenvalue weighted by Crippen LogP contribution is -2.47. The van der Waals surface area contributed by atoms with E-state index in [1.54, 1.807) is 16.2 Å². The van der Waals surface area contributed by atoms with E-state index in [0.29, 0.717) is 26.2 Å². The van der Waals surface area contributed by atoms with Crippen LogP contribution in [0.3, 0.4) is 0 Å². The first-order valence-corrected chi connectivity index (χ1v) is 9.11. The molecule has 0 aromatic carbocycles. The first kappa shape index (κ1) is 17.0. The highest BCUT2D eigenvalue weighted by Crippen LogP contribution is 2.24. The fourth-order valence-corrected chi connectivity index (χ4v) is 3.51. The molecule has 0 spiro atoms. The second-order valence-corrected chi connectivity index (χ2v) is 6.91. The molecule has 1 aliphatic rings. The van der Waals surface area contributed by atoms with Gasteiger partial charge in [-0.25, -0.2) is 9.78 Å². The summed E-state index contributed by atoms with van der Waals surface area (Å²) >= 11 is 1.68. The molecule has 2 amide bonds. The number of ether oxygens (including phenoxy) is 1. The lowest BCUT2D eigenvalue weighted by Gasteiger charge is -2.32. The van der Waals surface area contributed by atoms with Gasteiger partial charge >= 0.3 is 6.03 Å². The minimum Gasteiger partial charge on any atom is -0.464 e. The Balaban J connectivity index is 1.42. The van der Waals surface area contributed by atoms with E-state index < -0.39 is 0 Å². The Morgan fingerprint density at radius 2 is 2.33 bits per heavy atom. The zero-order valence-electron chi connectivity index (χ0n) is 14.1. The van der Waals surface area contributed by atoms with E-state index in [2.05, 4.69) is 15.7 Å².